The van der Waals surface area contributed by atoms with E-state index in [0.717, 1.165) is 31.1 Å². The number of hydrogen-bond acceptors (Lipinski definition) is 1. The first kappa shape index (κ1) is 11.5. The van der Waals surface area contributed by atoms with Gasteiger partial charge in [-0.2, -0.15) is 0 Å². The molecule has 0 amide bonds. The first-order chi connectivity index (χ1) is 9.83. The Morgan fingerprint density at radius 3 is 2.75 bits per heavy atom. The predicted molar refractivity (Wildman–Crippen MR) is 76.1 cm³/mol. The van der Waals surface area contributed by atoms with Crippen molar-refractivity contribution in [1.82, 2.24) is 4.57 Å². The Hall–Kier alpha value is -2.36. The lowest BCUT2D eigenvalue weighted by atomic mass is 10.2. The van der Waals surface area contributed by atoms with Crippen LogP contribution in [0.5, 0.6) is 0 Å². The van der Waals surface area contributed by atoms with Crippen molar-refractivity contribution in [2.75, 3.05) is 11.9 Å². The first-order valence-electron chi connectivity index (χ1n) is 6.82. The fourth-order valence-corrected chi connectivity index (χ4v) is 2.92. The average Bonchev–Trinajstić information content (AvgIpc) is 3.05. The highest BCUT2D eigenvalue weighted by Crippen LogP contribution is 2.21. The van der Waals surface area contributed by atoms with Crippen LogP contribution < -0.4 is 9.88 Å². The number of benzene rings is 2. The normalized spacial score (nSPS) is 13.4. The number of rotatable bonds is 2. The number of hydrogen-bond donors (Lipinski definition) is 1. The molecule has 1 aliphatic rings. The van der Waals surface area contributed by atoms with E-state index in [1.165, 1.54) is 23.2 Å². The van der Waals surface area contributed by atoms with Crippen molar-refractivity contribution in [3.8, 4) is 0 Å². The maximum atomic E-state index is 13.0. The van der Waals surface area contributed by atoms with Gasteiger partial charge in [0.25, 0.3) is 0 Å². The lowest BCUT2D eigenvalue weighted by Gasteiger charge is -2.02. The van der Waals surface area contributed by atoms with Gasteiger partial charge in [-0.1, -0.05) is 24.3 Å². The van der Waals surface area contributed by atoms with Gasteiger partial charge in [-0.05, 0) is 29.8 Å². The lowest BCUT2D eigenvalue weighted by molar-refractivity contribution is -0.644. The smallest absolute Gasteiger partial charge is 0.274 e. The number of aromatic nitrogens is 2. The molecule has 1 aromatic heterocycles. The minimum absolute atomic E-state index is 0.191. The van der Waals surface area contributed by atoms with Gasteiger partial charge in [0.2, 0.25) is 0 Å². The van der Waals surface area contributed by atoms with Crippen LogP contribution in [0, 0.1) is 5.82 Å². The molecule has 3 aromatic rings. The third-order valence-electron chi connectivity index (χ3n) is 3.85. The minimum atomic E-state index is -0.191. The molecule has 0 fully saturated rings. The Bertz CT molecular complexity index is 774. The highest BCUT2D eigenvalue weighted by molar-refractivity contribution is 5.74. The summed E-state index contributed by atoms with van der Waals surface area (Å²) in [6, 6.07) is 15.1. The third kappa shape index (κ3) is 1.68. The molecule has 0 spiro atoms. The highest BCUT2D eigenvalue weighted by atomic mass is 19.1. The quantitative estimate of drug-likeness (QED) is 0.708. The summed E-state index contributed by atoms with van der Waals surface area (Å²) in [5, 5.41) is 3.44. The first-order valence-corrected chi connectivity index (χ1v) is 6.82. The topological polar surface area (TPSA) is 20.8 Å². The molecule has 2 aromatic carbocycles. The summed E-state index contributed by atoms with van der Waals surface area (Å²) in [7, 11) is 0. The van der Waals surface area contributed by atoms with E-state index in [4.69, 9.17) is 0 Å². The monoisotopic (exact) mass is 268 g/mol. The van der Waals surface area contributed by atoms with Gasteiger partial charge in [0, 0.05) is 0 Å². The number of nitrogens with zero attached hydrogens (tertiary/aromatic N) is 2. The van der Waals surface area contributed by atoms with Crippen LogP contribution in [0.25, 0.3) is 11.0 Å². The maximum absolute atomic E-state index is 13.0. The molecule has 1 N–H and O–H groups in total. The summed E-state index contributed by atoms with van der Waals surface area (Å²) in [6.07, 6.45) is 0. The van der Waals surface area contributed by atoms with Crippen molar-refractivity contribution in [3.63, 3.8) is 0 Å². The Morgan fingerprint density at radius 1 is 1.10 bits per heavy atom. The van der Waals surface area contributed by atoms with Gasteiger partial charge >= 0.3 is 5.95 Å². The molecule has 4 rings (SSSR count). The fourth-order valence-electron chi connectivity index (χ4n) is 2.92. The largest absolute Gasteiger partial charge is 0.358 e. The molecule has 0 aliphatic carbocycles. The Balaban J connectivity index is 1.85. The van der Waals surface area contributed by atoms with Crippen LogP contribution in [0.1, 0.15) is 5.56 Å². The highest BCUT2D eigenvalue weighted by Gasteiger charge is 2.27. The molecule has 4 heteroatoms. The second-order valence-electron chi connectivity index (χ2n) is 5.10. The van der Waals surface area contributed by atoms with Crippen molar-refractivity contribution in [3.05, 3.63) is 59.9 Å². The van der Waals surface area contributed by atoms with Gasteiger partial charge in [0.15, 0.2) is 0 Å². The average molecular weight is 268 g/mol. The van der Waals surface area contributed by atoms with Crippen molar-refractivity contribution < 1.29 is 8.96 Å². The number of anilines is 1. The van der Waals surface area contributed by atoms with Crippen molar-refractivity contribution in [2.45, 2.75) is 13.1 Å². The summed E-state index contributed by atoms with van der Waals surface area (Å²) in [6.45, 7) is 2.70. The van der Waals surface area contributed by atoms with E-state index in [2.05, 4.69) is 38.7 Å². The van der Waals surface area contributed by atoms with Gasteiger partial charge in [0.05, 0.1) is 13.1 Å². The molecule has 0 bridgehead atoms. The van der Waals surface area contributed by atoms with Crippen LogP contribution in [0.4, 0.5) is 10.3 Å². The van der Waals surface area contributed by atoms with Crippen LogP contribution >= 0.6 is 0 Å². The SMILES string of the molecule is Fc1ccc(Cn2c3[n+](c4ccccc42)CCN3)cc1. The molecule has 0 saturated heterocycles. The zero-order chi connectivity index (χ0) is 13.5. The lowest BCUT2D eigenvalue weighted by Crippen LogP contribution is -2.29. The summed E-state index contributed by atoms with van der Waals surface area (Å²) >= 11 is 0. The number of imidazole rings is 1. The Labute approximate surface area is 116 Å². The second-order valence-corrected chi connectivity index (χ2v) is 5.10. The standard InChI is InChI=1S/C16H14FN3/c17-13-7-5-12(6-8-13)11-20-15-4-2-1-3-14(15)19-10-9-18-16(19)20/h1-8H,9-11H2/p+1. The van der Waals surface area contributed by atoms with Crippen molar-refractivity contribution in [1.29, 1.82) is 0 Å². The molecule has 1 aliphatic heterocycles. The molecule has 0 saturated carbocycles. The van der Waals surface area contributed by atoms with Gasteiger partial charge in [-0.3, -0.25) is 5.32 Å². The van der Waals surface area contributed by atoms with Crippen molar-refractivity contribution in [2.24, 2.45) is 0 Å². The van der Waals surface area contributed by atoms with E-state index in [9.17, 15) is 4.39 Å². The summed E-state index contributed by atoms with van der Waals surface area (Å²) < 4.78 is 17.6. The predicted octanol–water partition coefficient (Wildman–Crippen LogP) is 2.54. The van der Waals surface area contributed by atoms with E-state index in [0.29, 0.717) is 0 Å². The van der Waals surface area contributed by atoms with Gasteiger partial charge in [-0.15, -0.1) is 0 Å². The molecule has 0 unspecified atom stereocenters. The number of para-hydroxylation sites is 2. The van der Waals surface area contributed by atoms with Crippen LogP contribution in [-0.4, -0.2) is 11.1 Å². The van der Waals surface area contributed by atoms with Gasteiger partial charge < -0.3 is 0 Å². The molecule has 2 heterocycles. The van der Waals surface area contributed by atoms with Crippen LogP contribution in [-0.2, 0) is 13.1 Å². The number of nitrogens with one attached hydrogen (secondary N) is 1. The van der Waals surface area contributed by atoms with Gasteiger partial charge in [-0.25, -0.2) is 13.5 Å². The van der Waals surface area contributed by atoms with E-state index < -0.39 is 0 Å². The zero-order valence-electron chi connectivity index (χ0n) is 11.0. The Kier molecular flexibility index (Phi) is 2.49. The molecule has 0 atom stereocenters. The fraction of sp³-hybridized carbons (Fsp3) is 0.188. The second kappa shape index (κ2) is 4.34. The van der Waals surface area contributed by atoms with Gasteiger partial charge in [0.1, 0.15) is 23.4 Å². The summed E-state index contributed by atoms with van der Waals surface area (Å²) in [5.74, 6) is 0.944. The molecular formula is C16H15FN3+. The zero-order valence-corrected chi connectivity index (χ0v) is 11.0. The van der Waals surface area contributed by atoms with Crippen LogP contribution in [0.3, 0.4) is 0 Å². The molecule has 3 nitrogen and oxygen atoms in total. The molecular weight excluding hydrogens is 253 g/mol. The van der Waals surface area contributed by atoms with Crippen LogP contribution in [0.2, 0.25) is 0 Å². The molecule has 0 radical (unpaired) electrons. The van der Waals surface area contributed by atoms with E-state index in [-0.39, 0.29) is 5.82 Å². The van der Waals surface area contributed by atoms with E-state index >= 15 is 0 Å². The summed E-state index contributed by atoms with van der Waals surface area (Å²) in [5.41, 5.74) is 3.55. The third-order valence-corrected chi connectivity index (χ3v) is 3.85. The maximum Gasteiger partial charge on any atom is 0.358 e. The van der Waals surface area contributed by atoms with Crippen LogP contribution in [0.15, 0.2) is 48.5 Å². The van der Waals surface area contributed by atoms with Crippen molar-refractivity contribution >= 4 is 17.0 Å². The number of fused-ring (bicyclic) bond motifs is 3. The van der Waals surface area contributed by atoms with E-state index in [1.54, 1.807) is 0 Å². The molecule has 100 valence electrons. The minimum Gasteiger partial charge on any atom is -0.274 e. The molecule has 20 heavy (non-hydrogen) atoms. The van der Waals surface area contributed by atoms with E-state index in [1.807, 2.05) is 12.1 Å². The Morgan fingerprint density at radius 2 is 1.90 bits per heavy atom. The summed E-state index contributed by atoms with van der Waals surface area (Å²) in [4.78, 5) is 0. The number of halogens is 1.